The van der Waals surface area contributed by atoms with E-state index >= 15 is 0 Å². The summed E-state index contributed by atoms with van der Waals surface area (Å²) in [5.74, 6) is 0.261. The summed E-state index contributed by atoms with van der Waals surface area (Å²) >= 11 is 0. The number of aryl methyl sites for hydroxylation is 1. The van der Waals surface area contributed by atoms with Crippen molar-refractivity contribution in [2.45, 2.75) is 0 Å². The molecule has 2 aromatic heterocycles. The number of imidazole rings is 1. The average Bonchev–Trinajstić information content (AvgIpc) is 3.11. The molecule has 0 radical (unpaired) electrons. The summed E-state index contributed by atoms with van der Waals surface area (Å²) < 4.78 is 3.42. The Kier molecular flexibility index (Phi) is 3.00. The van der Waals surface area contributed by atoms with E-state index in [2.05, 4.69) is 20.5 Å². The van der Waals surface area contributed by atoms with Crippen LogP contribution in [0, 0.1) is 0 Å². The largest absolute Gasteiger partial charge is 0.320 e. The molecule has 0 aliphatic carbocycles. The number of aromatic nitrogens is 5. The number of carbonyl (C=O) groups is 1. The third-order valence-electron chi connectivity index (χ3n) is 2.89. The minimum Gasteiger partial charge on any atom is -0.320 e. The summed E-state index contributed by atoms with van der Waals surface area (Å²) in [5, 5.41) is 10.3. The molecular formula is C13H12N6O. The van der Waals surface area contributed by atoms with Crippen LogP contribution in [0.5, 0.6) is 0 Å². The van der Waals surface area contributed by atoms with E-state index in [1.54, 1.807) is 46.3 Å². The van der Waals surface area contributed by atoms with Crippen molar-refractivity contribution in [3.8, 4) is 5.69 Å². The lowest BCUT2D eigenvalue weighted by Crippen LogP contribution is -2.17. The van der Waals surface area contributed by atoms with Gasteiger partial charge in [-0.1, -0.05) is 12.1 Å². The standard InChI is InChI=1S/C13H12N6O/c1-18-7-6-14-13(18)17-12(20)10-4-2-3-5-11(10)19-8-15-16-9-19/h2-9H,1H3,(H,14,17,20). The van der Waals surface area contributed by atoms with Crippen molar-refractivity contribution in [1.29, 1.82) is 0 Å². The summed E-state index contributed by atoms with van der Waals surface area (Å²) in [7, 11) is 1.81. The van der Waals surface area contributed by atoms with Gasteiger partial charge in [0, 0.05) is 19.4 Å². The minimum absolute atomic E-state index is 0.233. The average molecular weight is 268 g/mol. The van der Waals surface area contributed by atoms with Gasteiger partial charge in [0.25, 0.3) is 5.91 Å². The molecule has 0 saturated heterocycles. The molecule has 0 aliphatic rings. The molecule has 0 bridgehead atoms. The first-order chi connectivity index (χ1) is 9.75. The number of amides is 1. The predicted molar refractivity (Wildman–Crippen MR) is 72.5 cm³/mol. The van der Waals surface area contributed by atoms with Gasteiger partial charge in [-0.15, -0.1) is 10.2 Å². The quantitative estimate of drug-likeness (QED) is 0.775. The molecule has 7 nitrogen and oxygen atoms in total. The van der Waals surface area contributed by atoms with Crippen molar-refractivity contribution in [2.75, 3.05) is 5.32 Å². The highest BCUT2D eigenvalue weighted by atomic mass is 16.1. The zero-order chi connectivity index (χ0) is 13.9. The predicted octanol–water partition coefficient (Wildman–Crippen LogP) is 1.25. The van der Waals surface area contributed by atoms with E-state index in [-0.39, 0.29) is 5.91 Å². The smallest absolute Gasteiger partial charge is 0.260 e. The van der Waals surface area contributed by atoms with Crippen LogP contribution in [0.1, 0.15) is 10.4 Å². The van der Waals surface area contributed by atoms with Crippen LogP contribution in [0.4, 0.5) is 5.95 Å². The molecule has 1 amide bonds. The number of rotatable bonds is 3. The van der Waals surface area contributed by atoms with Gasteiger partial charge in [0.1, 0.15) is 12.7 Å². The highest BCUT2D eigenvalue weighted by molar-refractivity contribution is 6.06. The first kappa shape index (κ1) is 12.1. The van der Waals surface area contributed by atoms with E-state index in [4.69, 9.17) is 0 Å². The maximum Gasteiger partial charge on any atom is 0.260 e. The van der Waals surface area contributed by atoms with Gasteiger partial charge in [0.05, 0.1) is 11.3 Å². The molecule has 0 atom stereocenters. The zero-order valence-corrected chi connectivity index (χ0v) is 10.8. The van der Waals surface area contributed by atoms with Crippen LogP contribution in [-0.4, -0.2) is 30.2 Å². The Bertz CT molecular complexity index is 731. The van der Waals surface area contributed by atoms with Crippen LogP contribution in [-0.2, 0) is 7.05 Å². The lowest BCUT2D eigenvalue weighted by molar-refractivity contribution is 0.102. The maximum atomic E-state index is 12.4. The van der Waals surface area contributed by atoms with Gasteiger partial charge in [-0.3, -0.25) is 14.7 Å². The highest BCUT2D eigenvalue weighted by Crippen LogP contribution is 2.15. The fourth-order valence-electron chi connectivity index (χ4n) is 1.87. The van der Waals surface area contributed by atoms with Crippen molar-refractivity contribution in [2.24, 2.45) is 7.05 Å². The number of para-hydroxylation sites is 1. The molecule has 0 spiro atoms. The normalized spacial score (nSPS) is 10.4. The van der Waals surface area contributed by atoms with Gasteiger partial charge in [0.2, 0.25) is 5.95 Å². The SMILES string of the molecule is Cn1ccnc1NC(=O)c1ccccc1-n1cnnc1. The van der Waals surface area contributed by atoms with Crippen molar-refractivity contribution in [1.82, 2.24) is 24.3 Å². The van der Waals surface area contributed by atoms with Crippen LogP contribution in [0.15, 0.2) is 49.3 Å². The van der Waals surface area contributed by atoms with E-state index in [0.29, 0.717) is 17.2 Å². The van der Waals surface area contributed by atoms with Gasteiger partial charge >= 0.3 is 0 Å². The van der Waals surface area contributed by atoms with Crippen LogP contribution >= 0.6 is 0 Å². The second-order valence-corrected chi connectivity index (χ2v) is 4.20. The molecular weight excluding hydrogens is 256 g/mol. The number of hydrogen-bond acceptors (Lipinski definition) is 4. The summed E-state index contributed by atoms with van der Waals surface area (Å²) in [6.45, 7) is 0. The number of anilines is 1. The Hall–Kier alpha value is -2.96. The molecule has 0 saturated carbocycles. The topological polar surface area (TPSA) is 77.6 Å². The monoisotopic (exact) mass is 268 g/mol. The van der Waals surface area contributed by atoms with Gasteiger partial charge in [-0.2, -0.15) is 0 Å². The molecule has 7 heteroatoms. The number of nitrogens with zero attached hydrogens (tertiary/aromatic N) is 5. The molecule has 3 rings (SSSR count). The molecule has 0 unspecified atom stereocenters. The van der Waals surface area contributed by atoms with Crippen molar-refractivity contribution in [3.63, 3.8) is 0 Å². The first-order valence-corrected chi connectivity index (χ1v) is 5.98. The fraction of sp³-hybridized carbons (Fsp3) is 0.0769. The van der Waals surface area contributed by atoms with Crippen LogP contribution in [0.25, 0.3) is 5.69 Å². The molecule has 0 fully saturated rings. The fourth-order valence-corrected chi connectivity index (χ4v) is 1.87. The van der Waals surface area contributed by atoms with Gasteiger partial charge in [-0.25, -0.2) is 4.98 Å². The minimum atomic E-state index is -0.233. The first-order valence-electron chi connectivity index (χ1n) is 5.98. The van der Waals surface area contributed by atoms with Crippen LogP contribution in [0.2, 0.25) is 0 Å². The number of carbonyl (C=O) groups excluding carboxylic acids is 1. The number of benzene rings is 1. The second-order valence-electron chi connectivity index (χ2n) is 4.20. The van der Waals surface area contributed by atoms with Crippen molar-refractivity contribution >= 4 is 11.9 Å². The Morgan fingerprint density at radius 3 is 2.65 bits per heavy atom. The summed E-state index contributed by atoms with van der Waals surface area (Å²) in [6, 6.07) is 7.23. The summed E-state index contributed by atoms with van der Waals surface area (Å²) in [5.41, 5.74) is 1.24. The summed E-state index contributed by atoms with van der Waals surface area (Å²) in [4.78, 5) is 16.4. The van der Waals surface area contributed by atoms with E-state index < -0.39 is 0 Å². The number of nitrogens with one attached hydrogen (secondary N) is 1. The Balaban J connectivity index is 1.94. The number of hydrogen-bond donors (Lipinski definition) is 1. The molecule has 20 heavy (non-hydrogen) atoms. The van der Waals surface area contributed by atoms with Gasteiger partial charge in [0.15, 0.2) is 0 Å². The molecule has 100 valence electrons. The van der Waals surface area contributed by atoms with E-state index in [1.165, 1.54) is 0 Å². The highest BCUT2D eigenvalue weighted by Gasteiger charge is 2.14. The van der Waals surface area contributed by atoms with Gasteiger partial charge in [-0.05, 0) is 12.1 Å². The molecule has 1 N–H and O–H groups in total. The molecule has 0 aliphatic heterocycles. The van der Waals surface area contributed by atoms with E-state index in [9.17, 15) is 4.79 Å². The zero-order valence-electron chi connectivity index (χ0n) is 10.8. The Labute approximate surface area is 114 Å². The third-order valence-corrected chi connectivity index (χ3v) is 2.89. The van der Waals surface area contributed by atoms with Crippen LogP contribution < -0.4 is 5.32 Å². The third kappa shape index (κ3) is 2.16. The molecule has 2 heterocycles. The van der Waals surface area contributed by atoms with Gasteiger partial charge < -0.3 is 4.57 Å². The lowest BCUT2D eigenvalue weighted by atomic mass is 10.1. The molecule has 3 aromatic rings. The van der Waals surface area contributed by atoms with E-state index in [0.717, 1.165) is 0 Å². The Morgan fingerprint density at radius 2 is 1.95 bits per heavy atom. The van der Waals surface area contributed by atoms with E-state index in [1.807, 2.05) is 19.2 Å². The summed E-state index contributed by atoms with van der Waals surface area (Å²) in [6.07, 6.45) is 6.49. The molecule has 1 aromatic carbocycles. The van der Waals surface area contributed by atoms with Crippen molar-refractivity contribution < 1.29 is 4.79 Å². The maximum absolute atomic E-state index is 12.4. The Morgan fingerprint density at radius 1 is 1.20 bits per heavy atom. The lowest BCUT2D eigenvalue weighted by Gasteiger charge is -2.09. The second kappa shape index (κ2) is 4.96. The van der Waals surface area contributed by atoms with Crippen LogP contribution in [0.3, 0.4) is 0 Å². The van der Waals surface area contributed by atoms with Crippen molar-refractivity contribution in [3.05, 3.63) is 54.9 Å².